The number of fused-ring (bicyclic) bond motifs is 6. The van der Waals surface area contributed by atoms with Crippen LogP contribution in [0.15, 0.2) is 42.5 Å². The van der Waals surface area contributed by atoms with Crippen molar-refractivity contribution in [2.24, 2.45) is 11.8 Å². The maximum atomic E-state index is 13.0. The quantitative estimate of drug-likeness (QED) is 0.695. The number of hydrogen-bond acceptors (Lipinski definition) is 1. The van der Waals surface area contributed by atoms with E-state index in [4.69, 9.17) is 0 Å². The van der Waals surface area contributed by atoms with Gasteiger partial charge in [-0.25, -0.2) is 0 Å². The zero-order chi connectivity index (χ0) is 15.6. The molecule has 1 spiro atoms. The standard InChI is InChI=1S/C22H22O/c1-2-15-4-3-5-16-11-17-7-9-21(23)22(20(17)12-19(15)16)13-14-6-8-18(22)10-14/h3-6,8,11-12,14,18H,2,7,9-10,13H2,1H3. The maximum Gasteiger partial charge on any atom is 0.144 e. The van der Waals surface area contributed by atoms with Gasteiger partial charge in [-0.1, -0.05) is 43.3 Å². The van der Waals surface area contributed by atoms with Crippen LogP contribution in [0.2, 0.25) is 0 Å². The Balaban J connectivity index is 1.81. The van der Waals surface area contributed by atoms with E-state index in [1.807, 2.05) is 0 Å². The molecular weight excluding hydrogens is 280 g/mol. The Bertz CT molecular complexity index is 860. The number of aryl methyl sites for hydroxylation is 2. The third-order valence-electron chi connectivity index (χ3n) is 6.56. The Morgan fingerprint density at radius 2 is 2.09 bits per heavy atom. The summed E-state index contributed by atoms with van der Waals surface area (Å²) in [6.45, 7) is 2.22. The van der Waals surface area contributed by atoms with Gasteiger partial charge in [0.25, 0.3) is 0 Å². The second-order valence-electron chi connectivity index (χ2n) is 7.59. The summed E-state index contributed by atoms with van der Waals surface area (Å²) < 4.78 is 0. The normalized spacial score (nSPS) is 31.3. The average molecular weight is 302 g/mol. The zero-order valence-electron chi connectivity index (χ0n) is 13.6. The summed E-state index contributed by atoms with van der Waals surface area (Å²) in [6, 6.07) is 11.4. The van der Waals surface area contributed by atoms with Crippen LogP contribution in [0.1, 0.15) is 42.9 Å². The molecule has 0 aromatic heterocycles. The van der Waals surface area contributed by atoms with E-state index in [0.29, 0.717) is 17.6 Å². The summed E-state index contributed by atoms with van der Waals surface area (Å²) >= 11 is 0. The average Bonchev–Trinajstić information content (AvgIpc) is 3.18. The SMILES string of the molecule is CCc1cccc2cc3c(cc12)C1(CC2C=CC1C2)C(=O)CC3. The first-order valence-corrected chi connectivity index (χ1v) is 8.99. The fourth-order valence-corrected chi connectivity index (χ4v) is 5.48. The Kier molecular flexibility index (Phi) is 2.69. The summed E-state index contributed by atoms with van der Waals surface area (Å²) in [5.74, 6) is 1.55. The van der Waals surface area contributed by atoms with E-state index in [1.165, 1.54) is 33.9 Å². The molecule has 2 aromatic rings. The molecule has 2 aromatic carbocycles. The van der Waals surface area contributed by atoms with Gasteiger partial charge in [-0.3, -0.25) is 4.79 Å². The number of allylic oxidation sites excluding steroid dienone is 2. The first kappa shape index (κ1) is 13.5. The van der Waals surface area contributed by atoms with Crippen molar-refractivity contribution in [1.29, 1.82) is 0 Å². The van der Waals surface area contributed by atoms with Gasteiger partial charge in [-0.15, -0.1) is 0 Å². The minimum absolute atomic E-state index is 0.206. The van der Waals surface area contributed by atoms with E-state index in [2.05, 4.69) is 49.4 Å². The van der Waals surface area contributed by atoms with Crippen LogP contribution in [0.5, 0.6) is 0 Å². The Morgan fingerprint density at radius 3 is 2.83 bits per heavy atom. The fourth-order valence-electron chi connectivity index (χ4n) is 5.48. The van der Waals surface area contributed by atoms with Gasteiger partial charge in [0.05, 0.1) is 5.41 Å². The van der Waals surface area contributed by atoms with E-state index in [0.717, 1.165) is 25.7 Å². The van der Waals surface area contributed by atoms with Gasteiger partial charge in [0, 0.05) is 6.42 Å². The first-order valence-electron chi connectivity index (χ1n) is 8.99. The predicted octanol–water partition coefficient (Wildman–Crippen LogP) is 4.75. The largest absolute Gasteiger partial charge is 0.299 e. The second kappa shape index (κ2) is 4.56. The van der Waals surface area contributed by atoms with Gasteiger partial charge in [0.2, 0.25) is 0 Å². The molecule has 0 saturated heterocycles. The van der Waals surface area contributed by atoms with Crippen LogP contribution in [0.3, 0.4) is 0 Å². The molecule has 0 aliphatic heterocycles. The number of carbonyl (C=O) groups excluding carboxylic acids is 1. The highest BCUT2D eigenvalue weighted by atomic mass is 16.1. The zero-order valence-corrected chi connectivity index (χ0v) is 13.6. The Morgan fingerprint density at radius 1 is 1.17 bits per heavy atom. The van der Waals surface area contributed by atoms with Crippen molar-refractivity contribution < 1.29 is 4.79 Å². The monoisotopic (exact) mass is 302 g/mol. The lowest BCUT2D eigenvalue weighted by Gasteiger charge is -2.40. The summed E-state index contributed by atoms with van der Waals surface area (Å²) in [5, 5.41) is 2.70. The van der Waals surface area contributed by atoms with Gasteiger partial charge in [0.1, 0.15) is 5.78 Å². The molecule has 3 unspecified atom stereocenters. The van der Waals surface area contributed by atoms with Gasteiger partial charge >= 0.3 is 0 Å². The van der Waals surface area contributed by atoms with Crippen molar-refractivity contribution in [3.63, 3.8) is 0 Å². The maximum absolute atomic E-state index is 13.0. The van der Waals surface area contributed by atoms with Crippen molar-refractivity contribution in [3.05, 3.63) is 59.2 Å². The van der Waals surface area contributed by atoms with Gasteiger partial charge in [-0.2, -0.15) is 0 Å². The molecule has 3 aliphatic rings. The molecule has 1 nitrogen and oxygen atoms in total. The number of ketones is 1. The summed E-state index contributed by atoms with van der Waals surface area (Å²) in [7, 11) is 0. The number of benzene rings is 2. The molecule has 3 atom stereocenters. The lowest BCUT2D eigenvalue weighted by atomic mass is 9.62. The molecule has 5 rings (SSSR count). The fraction of sp³-hybridized carbons (Fsp3) is 0.409. The molecule has 2 bridgehead atoms. The van der Waals surface area contributed by atoms with Crippen LogP contribution in [-0.4, -0.2) is 5.78 Å². The molecule has 116 valence electrons. The molecule has 1 heteroatoms. The van der Waals surface area contributed by atoms with Gasteiger partial charge in [-0.05, 0) is 71.0 Å². The lowest BCUT2D eigenvalue weighted by molar-refractivity contribution is -0.126. The van der Waals surface area contributed by atoms with E-state index < -0.39 is 0 Å². The summed E-state index contributed by atoms with van der Waals surface area (Å²) in [6.07, 6.45) is 9.58. The van der Waals surface area contributed by atoms with Crippen molar-refractivity contribution in [1.82, 2.24) is 0 Å². The predicted molar refractivity (Wildman–Crippen MR) is 93.7 cm³/mol. The minimum atomic E-state index is -0.206. The Hall–Kier alpha value is -1.89. The molecule has 23 heavy (non-hydrogen) atoms. The number of rotatable bonds is 1. The van der Waals surface area contributed by atoms with E-state index in [1.54, 1.807) is 0 Å². The Labute approximate surface area is 137 Å². The smallest absolute Gasteiger partial charge is 0.144 e. The number of carbonyl (C=O) groups is 1. The molecule has 3 aliphatic carbocycles. The highest BCUT2D eigenvalue weighted by molar-refractivity contribution is 5.97. The van der Waals surface area contributed by atoms with E-state index in [9.17, 15) is 4.79 Å². The molecular formula is C22H22O. The van der Waals surface area contributed by atoms with Crippen LogP contribution >= 0.6 is 0 Å². The number of hydrogen-bond donors (Lipinski definition) is 0. The minimum Gasteiger partial charge on any atom is -0.299 e. The summed E-state index contributed by atoms with van der Waals surface area (Å²) in [5.41, 5.74) is 3.98. The molecule has 0 N–H and O–H groups in total. The highest BCUT2D eigenvalue weighted by Crippen LogP contribution is 2.57. The van der Waals surface area contributed by atoms with Crippen molar-refractivity contribution in [2.45, 2.75) is 44.4 Å². The summed E-state index contributed by atoms with van der Waals surface area (Å²) in [4.78, 5) is 13.0. The van der Waals surface area contributed by atoms with Crippen LogP contribution in [0, 0.1) is 11.8 Å². The van der Waals surface area contributed by atoms with Gasteiger partial charge in [0.15, 0.2) is 0 Å². The third kappa shape index (κ3) is 1.66. The van der Waals surface area contributed by atoms with Crippen LogP contribution < -0.4 is 0 Å². The molecule has 1 saturated carbocycles. The molecule has 0 amide bonds. The van der Waals surface area contributed by atoms with Crippen LogP contribution in [-0.2, 0) is 23.1 Å². The van der Waals surface area contributed by atoms with Gasteiger partial charge < -0.3 is 0 Å². The second-order valence-corrected chi connectivity index (χ2v) is 7.59. The van der Waals surface area contributed by atoms with Crippen LogP contribution in [0.4, 0.5) is 0 Å². The van der Waals surface area contributed by atoms with E-state index in [-0.39, 0.29) is 5.41 Å². The topological polar surface area (TPSA) is 17.1 Å². The molecule has 0 heterocycles. The van der Waals surface area contributed by atoms with Crippen molar-refractivity contribution in [3.8, 4) is 0 Å². The third-order valence-corrected chi connectivity index (χ3v) is 6.56. The molecule has 0 radical (unpaired) electrons. The first-order chi connectivity index (χ1) is 11.2. The number of Topliss-reactive ketones (excluding diaryl/α,β-unsaturated/α-hetero) is 1. The van der Waals surface area contributed by atoms with Crippen LogP contribution in [0.25, 0.3) is 10.8 Å². The van der Waals surface area contributed by atoms with Crippen molar-refractivity contribution in [2.75, 3.05) is 0 Å². The van der Waals surface area contributed by atoms with E-state index >= 15 is 0 Å². The lowest BCUT2D eigenvalue weighted by Crippen LogP contribution is -2.43. The molecule has 1 fully saturated rings. The van der Waals surface area contributed by atoms with Crippen molar-refractivity contribution >= 4 is 16.6 Å². The highest BCUT2D eigenvalue weighted by Gasteiger charge is 2.55.